The molecular formula is C14H22ClFN2. The van der Waals surface area contributed by atoms with Gasteiger partial charge in [0.05, 0.1) is 0 Å². The standard InChI is InChI=1S/C14H21FN2.ClH/c1-3-14(17-8-6-16-7-9-17)13-5-4-12(15)10-11(13)2;/h4-5,10,14,16H,3,6-9H2,1-2H3;1H/t14-;/m0./s1. The Morgan fingerprint density at radius 1 is 1.33 bits per heavy atom. The monoisotopic (exact) mass is 272 g/mol. The molecule has 1 N–H and O–H groups in total. The minimum Gasteiger partial charge on any atom is -0.314 e. The topological polar surface area (TPSA) is 15.3 Å². The van der Waals surface area contributed by atoms with Crippen molar-refractivity contribution in [3.05, 3.63) is 35.1 Å². The first-order valence-corrected chi connectivity index (χ1v) is 6.43. The van der Waals surface area contributed by atoms with Gasteiger partial charge in [0.25, 0.3) is 0 Å². The Hall–Kier alpha value is -0.640. The average Bonchev–Trinajstić information content (AvgIpc) is 2.34. The van der Waals surface area contributed by atoms with Crippen LogP contribution in [0.1, 0.15) is 30.5 Å². The molecule has 4 heteroatoms. The molecule has 18 heavy (non-hydrogen) atoms. The zero-order valence-electron chi connectivity index (χ0n) is 11.1. The molecule has 1 aliphatic rings. The smallest absolute Gasteiger partial charge is 0.123 e. The van der Waals surface area contributed by atoms with Crippen molar-refractivity contribution >= 4 is 12.4 Å². The first kappa shape index (κ1) is 15.4. The summed E-state index contributed by atoms with van der Waals surface area (Å²) >= 11 is 0. The largest absolute Gasteiger partial charge is 0.314 e. The number of hydrogen-bond acceptors (Lipinski definition) is 2. The van der Waals surface area contributed by atoms with Gasteiger partial charge in [-0.15, -0.1) is 12.4 Å². The Morgan fingerprint density at radius 3 is 2.56 bits per heavy atom. The van der Waals surface area contributed by atoms with Gasteiger partial charge in [0.15, 0.2) is 0 Å². The van der Waals surface area contributed by atoms with Gasteiger partial charge in [0.1, 0.15) is 5.82 Å². The fraction of sp³-hybridized carbons (Fsp3) is 0.571. The highest BCUT2D eigenvalue weighted by Gasteiger charge is 2.21. The Kier molecular flexibility index (Phi) is 6.06. The zero-order chi connectivity index (χ0) is 12.3. The summed E-state index contributed by atoms with van der Waals surface area (Å²) in [6, 6.07) is 5.59. The van der Waals surface area contributed by atoms with Crippen LogP contribution in [0.5, 0.6) is 0 Å². The van der Waals surface area contributed by atoms with E-state index in [0.717, 1.165) is 38.2 Å². The van der Waals surface area contributed by atoms with Gasteiger partial charge in [0, 0.05) is 32.2 Å². The number of nitrogens with one attached hydrogen (secondary N) is 1. The van der Waals surface area contributed by atoms with E-state index in [1.54, 1.807) is 12.1 Å². The lowest BCUT2D eigenvalue weighted by atomic mass is 9.97. The highest BCUT2D eigenvalue weighted by Crippen LogP contribution is 2.27. The second kappa shape index (κ2) is 7.07. The highest BCUT2D eigenvalue weighted by molar-refractivity contribution is 5.85. The molecule has 1 atom stereocenters. The van der Waals surface area contributed by atoms with Crippen LogP contribution in [0.25, 0.3) is 0 Å². The fourth-order valence-electron chi connectivity index (χ4n) is 2.68. The van der Waals surface area contributed by atoms with E-state index in [1.165, 1.54) is 5.56 Å². The molecule has 0 spiro atoms. The Balaban J connectivity index is 0.00000162. The maximum atomic E-state index is 13.1. The van der Waals surface area contributed by atoms with Crippen molar-refractivity contribution < 1.29 is 4.39 Å². The molecule has 0 aromatic heterocycles. The maximum Gasteiger partial charge on any atom is 0.123 e. The van der Waals surface area contributed by atoms with E-state index in [4.69, 9.17) is 0 Å². The summed E-state index contributed by atoms with van der Waals surface area (Å²) in [4.78, 5) is 2.50. The van der Waals surface area contributed by atoms with Gasteiger partial charge >= 0.3 is 0 Å². The number of nitrogens with zero attached hydrogens (tertiary/aromatic N) is 1. The number of rotatable bonds is 3. The van der Waals surface area contributed by atoms with E-state index in [0.29, 0.717) is 6.04 Å². The van der Waals surface area contributed by atoms with E-state index in [1.807, 2.05) is 13.0 Å². The van der Waals surface area contributed by atoms with E-state index in [2.05, 4.69) is 17.1 Å². The summed E-state index contributed by atoms with van der Waals surface area (Å²) in [6.45, 7) is 8.47. The van der Waals surface area contributed by atoms with E-state index < -0.39 is 0 Å². The first-order chi connectivity index (χ1) is 8.22. The van der Waals surface area contributed by atoms with Crippen LogP contribution in [-0.2, 0) is 0 Å². The lowest BCUT2D eigenvalue weighted by Gasteiger charge is -2.35. The Labute approximate surface area is 115 Å². The van der Waals surface area contributed by atoms with Crippen LogP contribution in [0.3, 0.4) is 0 Å². The van der Waals surface area contributed by atoms with Crippen LogP contribution in [0.15, 0.2) is 18.2 Å². The van der Waals surface area contributed by atoms with Crippen LogP contribution in [0, 0.1) is 12.7 Å². The Bertz CT molecular complexity index is 378. The molecule has 2 rings (SSSR count). The van der Waals surface area contributed by atoms with Crippen LogP contribution < -0.4 is 5.32 Å². The summed E-state index contributed by atoms with van der Waals surface area (Å²) in [5.41, 5.74) is 2.34. The fourth-order valence-corrected chi connectivity index (χ4v) is 2.68. The van der Waals surface area contributed by atoms with Crippen LogP contribution in [0.2, 0.25) is 0 Å². The normalized spacial score (nSPS) is 18.2. The third-order valence-corrected chi connectivity index (χ3v) is 3.57. The van der Waals surface area contributed by atoms with Gasteiger partial charge in [-0.2, -0.15) is 0 Å². The number of piperazine rings is 1. The van der Waals surface area contributed by atoms with Crippen molar-refractivity contribution in [2.45, 2.75) is 26.3 Å². The second-order valence-electron chi connectivity index (χ2n) is 4.71. The molecule has 0 amide bonds. The summed E-state index contributed by atoms with van der Waals surface area (Å²) in [5.74, 6) is -0.138. The second-order valence-corrected chi connectivity index (χ2v) is 4.71. The molecule has 0 bridgehead atoms. The number of benzene rings is 1. The first-order valence-electron chi connectivity index (χ1n) is 6.43. The number of aryl methyl sites for hydroxylation is 1. The maximum absolute atomic E-state index is 13.1. The van der Waals surface area contributed by atoms with Crippen LogP contribution in [-0.4, -0.2) is 31.1 Å². The van der Waals surface area contributed by atoms with Crippen molar-refractivity contribution in [1.29, 1.82) is 0 Å². The molecule has 1 aromatic carbocycles. The van der Waals surface area contributed by atoms with E-state index in [9.17, 15) is 4.39 Å². The third-order valence-electron chi connectivity index (χ3n) is 3.57. The lowest BCUT2D eigenvalue weighted by Crippen LogP contribution is -2.45. The molecular weight excluding hydrogens is 251 g/mol. The van der Waals surface area contributed by atoms with Crippen molar-refractivity contribution in [2.75, 3.05) is 26.2 Å². The Morgan fingerprint density at radius 2 is 2.00 bits per heavy atom. The molecule has 1 heterocycles. The highest BCUT2D eigenvalue weighted by atomic mass is 35.5. The van der Waals surface area contributed by atoms with Crippen molar-refractivity contribution in [3.63, 3.8) is 0 Å². The average molecular weight is 273 g/mol. The molecule has 102 valence electrons. The van der Waals surface area contributed by atoms with Crippen molar-refractivity contribution in [2.24, 2.45) is 0 Å². The lowest BCUT2D eigenvalue weighted by molar-refractivity contribution is 0.169. The van der Waals surface area contributed by atoms with Gasteiger partial charge in [-0.05, 0) is 36.6 Å². The molecule has 0 radical (unpaired) electrons. The number of halogens is 2. The molecule has 1 fully saturated rings. The van der Waals surface area contributed by atoms with E-state index in [-0.39, 0.29) is 18.2 Å². The predicted molar refractivity (Wildman–Crippen MR) is 75.9 cm³/mol. The molecule has 0 unspecified atom stereocenters. The summed E-state index contributed by atoms with van der Waals surface area (Å²) in [7, 11) is 0. The third kappa shape index (κ3) is 3.44. The SMILES string of the molecule is CC[C@@H](c1ccc(F)cc1C)N1CCNCC1.Cl. The van der Waals surface area contributed by atoms with Crippen molar-refractivity contribution in [3.8, 4) is 0 Å². The molecule has 0 saturated carbocycles. The van der Waals surface area contributed by atoms with Gasteiger partial charge in [-0.25, -0.2) is 4.39 Å². The van der Waals surface area contributed by atoms with Gasteiger partial charge in [-0.1, -0.05) is 13.0 Å². The molecule has 1 aliphatic heterocycles. The minimum absolute atomic E-state index is 0. The number of hydrogen-bond donors (Lipinski definition) is 1. The van der Waals surface area contributed by atoms with Gasteiger partial charge < -0.3 is 5.32 Å². The molecule has 1 aromatic rings. The van der Waals surface area contributed by atoms with Crippen LogP contribution >= 0.6 is 12.4 Å². The summed E-state index contributed by atoms with van der Waals surface area (Å²) in [5, 5.41) is 3.37. The predicted octanol–water partition coefficient (Wildman–Crippen LogP) is 2.91. The summed E-state index contributed by atoms with van der Waals surface area (Å²) < 4.78 is 13.1. The molecule has 1 saturated heterocycles. The van der Waals surface area contributed by atoms with Crippen LogP contribution in [0.4, 0.5) is 4.39 Å². The minimum atomic E-state index is -0.138. The molecule has 0 aliphatic carbocycles. The zero-order valence-corrected chi connectivity index (χ0v) is 11.9. The quantitative estimate of drug-likeness (QED) is 0.910. The molecule has 2 nitrogen and oxygen atoms in total. The summed E-state index contributed by atoms with van der Waals surface area (Å²) in [6.07, 6.45) is 1.08. The van der Waals surface area contributed by atoms with E-state index >= 15 is 0 Å². The van der Waals surface area contributed by atoms with Crippen molar-refractivity contribution in [1.82, 2.24) is 10.2 Å². The van der Waals surface area contributed by atoms with Gasteiger partial charge in [0.2, 0.25) is 0 Å². The van der Waals surface area contributed by atoms with Gasteiger partial charge in [-0.3, -0.25) is 4.90 Å².